The van der Waals surface area contributed by atoms with Crippen molar-refractivity contribution in [3.8, 4) is 0 Å². The predicted octanol–water partition coefficient (Wildman–Crippen LogP) is 0.771. The molecule has 0 aromatic heterocycles. The number of thioether (sulfide) groups is 1. The van der Waals surface area contributed by atoms with Gasteiger partial charge in [0.25, 0.3) is 0 Å². The summed E-state index contributed by atoms with van der Waals surface area (Å²) >= 11 is 1.94. The lowest BCUT2D eigenvalue weighted by Gasteiger charge is -2.21. The van der Waals surface area contributed by atoms with E-state index in [0.717, 1.165) is 24.3 Å². The molecule has 0 aromatic carbocycles. The molecule has 1 rings (SSSR count). The van der Waals surface area contributed by atoms with E-state index in [0.29, 0.717) is 12.3 Å². The van der Waals surface area contributed by atoms with Gasteiger partial charge >= 0.3 is 0 Å². The third kappa shape index (κ3) is 4.30. The summed E-state index contributed by atoms with van der Waals surface area (Å²) in [6, 6.07) is -0.407. The largest absolute Gasteiger partial charge is 0.409 e. The molecule has 1 saturated heterocycles. The van der Waals surface area contributed by atoms with Gasteiger partial charge in [0.1, 0.15) is 0 Å². The molecule has 1 atom stereocenters. The van der Waals surface area contributed by atoms with Crippen LogP contribution in [0.15, 0.2) is 5.16 Å². The number of carbonyl (C=O) groups excluding carboxylic acids is 1. The first kappa shape index (κ1) is 13.2. The maximum Gasteiger partial charge on any atom is 0.220 e. The van der Waals surface area contributed by atoms with Gasteiger partial charge in [-0.3, -0.25) is 4.79 Å². The number of hydrogen-bond acceptors (Lipinski definition) is 4. The molecule has 16 heavy (non-hydrogen) atoms. The Hall–Kier alpha value is -0.910. The predicted molar refractivity (Wildman–Crippen MR) is 65.7 cm³/mol. The molecule has 0 spiro atoms. The van der Waals surface area contributed by atoms with Crippen molar-refractivity contribution in [2.45, 2.75) is 32.2 Å². The van der Waals surface area contributed by atoms with E-state index in [9.17, 15) is 4.79 Å². The summed E-state index contributed by atoms with van der Waals surface area (Å²) in [7, 11) is 0. The van der Waals surface area contributed by atoms with Crippen molar-refractivity contribution in [2.24, 2.45) is 16.8 Å². The second kappa shape index (κ2) is 6.62. The van der Waals surface area contributed by atoms with Gasteiger partial charge in [0.2, 0.25) is 5.91 Å². The molecule has 1 unspecified atom stereocenters. The molecule has 4 N–H and O–H groups in total. The van der Waals surface area contributed by atoms with E-state index in [1.807, 2.05) is 11.8 Å². The topological polar surface area (TPSA) is 87.7 Å². The van der Waals surface area contributed by atoms with Crippen LogP contribution in [-0.4, -0.2) is 34.5 Å². The summed E-state index contributed by atoms with van der Waals surface area (Å²) in [6.07, 6.45) is 2.76. The van der Waals surface area contributed by atoms with Crippen LogP contribution < -0.4 is 11.1 Å². The molecule has 0 radical (unpaired) electrons. The third-order valence-electron chi connectivity index (χ3n) is 2.75. The van der Waals surface area contributed by atoms with E-state index in [2.05, 4.69) is 10.5 Å². The van der Waals surface area contributed by atoms with Crippen LogP contribution in [-0.2, 0) is 4.79 Å². The van der Waals surface area contributed by atoms with Gasteiger partial charge in [-0.05, 0) is 37.2 Å². The minimum atomic E-state index is -0.407. The maximum absolute atomic E-state index is 11.6. The van der Waals surface area contributed by atoms with Gasteiger partial charge in [0, 0.05) is 6.42 Å². The number of oxime groups is 1. The van der Waals surface area contributed by atoms with Crippen molar-refractivity contribution in [1.82, 2.24) is 5.32 Å². The third-order valence-corrected chi connectivity index (χ3v) is 3.80. The van der Waals surface area contributed by atoms with Crippen molar-refractivity contribution < 1.29 is 10.0 Å². The Morgan fingerprint density at radius 3 is 2.81 bits per heavy atom. The first-order valence-electron chi connectivity index (χ1n) is 5.48. The highest BCUT2D eigenvalue weighted by molar-refractivity contribution is 7.99. The molecule has 1 fully saturated rings. The number of amidine groups is 1. The summed E-state index contributed by atoms with van der Waals surface area (Å²) in [5.74, 6) is 2.80. The molecule has 1 aliphatic rings. The van der Waals surface area contributed by atoms with Crippen molar-refractivity contribution in [2.75, 3.05) is 11.5 Å². The minimum Gasteiger partial charge on any atom is -0.409 e. The zero-order chi connectivity index (χ0) is 12.0. The standard InChI is InChI=1S/C10H19N3O2S/c1-7(10(11)13-15)12-9(14)6-8-2-4-16-5-3-8/h7-8,15H,2-6H2,1H3,(H2,11,13)(H,12,14). The maximum atomic E-state index is 11.6. The first-order valence-corrected chi connectivity index (χ1v) is 6.63. The zero-order valence-electron chi connectivity index (χ0n) is 9.48. The van der Waals surface area contributed by atoms with Crippen molar-refractivity contribution in [1.29, 1.82) is 0 Å². The summed E-state index contributed by atoms with van der Waals surface area (Å²) in [5.41, 5.74) is 5.38. The van der Waals surface area contributed by atoms with Crippen LogP contribution in [0, 0.1) is 5.92 Å². The fraction of sp³-hybridized carbons (Fsp3) is 0.800. The minimum absolute atomic E-state index is 0.0176. The molecule has 1 amide bonds. The van der Waals surface area contributed by atoms with Crippen molar-refractivity contribution >= 4 is 23.5 Å². The van der Waals surface area contributed by atoms with Crippen LogP contribution in [0.1, 0.15) is 26.2 Å². The van der Waals surface area contributed by atoms with Crippen LogP contribution in [0.4, 0.5) is 0 Å². The Labute approximate surface area is 99.8 Å². The quantitative estimate of drug-likeness (QED) is 0.295. The number of nitrogens with one attached hydrogen (secondary N) is 1. The second-order valence-electron chi connectivity index (χ2n) is 4.07. The van der Waals surface area contributed by atoms with Crippen LogP contribution in [0.5, 0.6) is 0 Å². The highest BCUT2D eigenvalue weighted by atomic mass is 32.2. The lowest BCUT2D eigenvalue weighted by atomic mass is 9.98. The smallest absolute Gasteiger partial charge is 0.220 e. The van der Waals surface area contributed by atoms with E-state index >= 15 is 0 Å². The van der Waals surface area contributed by atoms with E-state index < -0.39 is 6.04 Å². The number of carbonyl (C=O) groups is 1. The molecule has 1 heterocycles. The molecular weight excluding hydrogens is 226 g/mol. The molecule has 6 heteroatoms. The summed E-state index contributed by atoms with van der Waals surface area (Å²) in [6.45, 7) is 1.70. The SMILES string of the molecule is CC(NC(=O)CC1CCSCC1)C(N)=NO. The molecular formula is C10H19N3O2S. The van der Waals surface area contributed by atoms with Gasteiger partial charge in [-0.25, -0.2) is 0 Å². The van der Waals surface area contributed by atoms with Gasteiger partial charge in [-0.2, -0.15) is 11.8 Å². The van der Waals surface area contributed by atoms with Crippen LogP contribution in [0.2, 0.25) is 0 Å². The van der Waals surface area contributed by atoms with Crippen LogP contribution in [0.25, 0.3) is 0 Å². The molecule has 92 valence electrons. The van der Waals surface area contributed by atoms with Gasteiger partial charge in [0.15, 0.2) is 5.84 Å². The number of amides is 1. The van der Waals surface area contributed by atoms with E-state index in [-0.39, 0.29) is 11.7 Å². The highest BCUT2D eigenvalue weighted by Gasteiger charge is 2.19. The summed E-state index contributed by atoms with van der Waals surface area (Å²) in [4.78, 5) is 11.6. The first-order chi connectivity index (χ1) is 7.63. The van der Waals surface area contributed by atoms with Gasteiger partial charge in [0.05, 0.1) is 6.04 Å². The Morgan fingerprint density at radius 2 is 2.25 bits per heavy atom. The number of nitrogens with two attached hydrogens (primary N) is 1. The Balaban J connectivity index is 2.29. The monoisotopic (exact) mass is 245 g/mol. The fourth-order valence-corrected chi connectivity index (χ4v) is 2.88. The highest BCUT2D eigenvalue weighted by Crippen LogP contribution is 2.25. The number of rotatable bonds is 4. The van der Waals surface area contributed by atoms with E-state index in [1.165, 1.54) is 0 Å². The van der Waals surface area contributed by atoms with Crippen LogP contribution in [0.3, 0.4) is 0 Å². The molecule has 5 nitrogen and oxygen atoms in total. The average Bonchev–Trinajstić information content (AvgIpc) is 2.29. The lowest BCUT2D eigenvalue weighted by molar-refractivity contribution is -0.122. The summed E-state index contributed by atoms with van der Waals surface area (Å²) in [5, 5.41) is 14.0. The molecule has 0 aliphatic carbocycles. The molecule has 1 aliphatic heterocycles. The summed E-state index contributed by atoms with van der Waals surface area (Å²) < 4.78 is 0. The van der Waals surface area contributed by atoms with Gasteiger partial charge in [-0.15, -0.1) is 0 Å². The van der Waals surface area contributed by atoms with Gasteiger partial charge < -0.3 is 16.3 Å². The normalized spacial score (nSPS) is 20.4. The molecule has 0 aromatic rings. The van der Waals surface area contributed by atoms with Crippen molar-refractivity contribution in [3.63, 3.8) is 0 Å². The average molecular weight is 245 g/mol. The molecule has 0 bridgehead atoms. The van der Waals surface area contributed by atoms with E-state index in [1.54, 1.807) is 6.92 Å². The molecule has 0 saturated carbocycles. The lowest BCUT2D eigenvalue weighted by Crippen LogP contribution is -2.43. The number of hydrogen-bond donors (Lipinski definition) is 3. The van der Waals surface area contributed by atoms with Gasteiger partial charge in [-0.1, -0.05) is 5.16 Å². The number of nitrogens with zero attached hydrogens (tertiary/aromatic N) is 1. The zero-order valence-corrected chi connectivity index (χ0v) is 10.3. The Bertz CT molecular complexity index is 265. The van der Waals surface area contributed by atoms with Crippen molar-refractivity contribution in [3.05, 3.63) is 0 Å². The van der Waals surface area contributed by atoms with Crippen LogP contribution >= 0.6 is 11.8 Å². The Morgan fingerprint density at radius 1 is 1.62 bits per heavy atom. The van der Waals surface area contributed by atoms with E-state index in [4.69, 9.17) is 10.9 Å². The Kier molecular flexibility index (Phi) is 5.45. The second-order valence-corrected chi connectivity index (χ2v) is 5.30. The fourth-order valence-electron chi connectivity index (χ4n) is 1.67.